The van der Waals surface area contributed by atoms with Crippen LogP contribution in [0.3, 0.4) is 0 Å². The van der Waals surface area contributed by atoms with Crippen molar-refractivity contribution in [2.24, 2.45) is 5.73 Å². The number of aromatic hydroxyl groups is 1. The second-order valence-corrected chi connectivity index (χ2v) is 11.3. The molecule has 0 aliphatic carbocycles. The van der Waals surface area contributed by atoms with Gasteiger partial charge in [0.25, 0.3) is 5.91 Å². The number of nitrogens with one attached hydrogen (secondary N) is 1. The summed E-state index contributed by atoms with van der Waals surface area (Å²) in [5.74, 6) is 0.825. The first kappa shape index (κ1) is 25.8. The molecule has 0 unspecified atom stereocenters. The van der Waals surface area contributed by atoms with Gasteiger partial charge in [0.15, 0.2) is 0 Å². The Morgan fingerprint density at radius 2 is 1.56 bits per heavy atom. The largest absolute Gasteiger partial charge is 0.507 e. The molecule has 0 aliphatic rings. The van der Waals surface area contributed by atoms with E-state index < -0.39 is 5.91 Å². The summed E-state index contributed by atoms with van der Waals surface area (Å²) >= 11 is 1.56. The van der Waals surface area contributed by atoms with Crippen LogP contribution in [0.5, 0.6) is 5.75 Å². The first-order chi connectivity index (χ1) is 14.8. The molecular formula is C26H36N2O3S. The van der Waals surface area contributed by atoms with Gasteiger partial charge in [0.2, 0.25) is 5.91 Å². The highest BCUT2D eigenvalue weighted by Crippen LogP contribution is 2.40. The van der Waals surface area contributed by atoms with E-state index in [9.17, 15) is 14.7 Å². The minimum Gasteiger partial charge on any atom is -0.507 e. The number of carbonyl (C=O) groups excluding carboxylic acids is 2. The van der Waals surface area contributed by atoms with Crippen molar-refractivity contribution in [2.75, 3.05) is 16.8 Å². The Bertz CT molecular complexity index is 937. The quantitative estimate of drug-likeness (QED) is 0.464. The molecule has 0 saturated heterocycles. The molecule has 0 atom stereocenters. The number of benzene rings is 2. The van der Waals surface area contributed by atoms with E-state index in [0.29, 0.717) is 22.8 Å². The molecule has 0 fully saturated rings. The predicted octanol–water partition coefficient (Wildman–Crippen LogP) is 5.39. The van der Waals surface area contributed by atoms with E-state index in [1.165, 1.54) is 5.56 Å². The average molecular weight is 457 g/mol. The molecule has 0 bridgehead atoms. The third kappa shape index (κ3) is 7.02. The van der Waals surface area contributed by atoms with Crippen molar-refractivity contribution in [1.82, 2.24) is 0 Å². The number of phenols is 1. The average Bonchev–Trinajstić information content (AvgIpc) is 2.67. The molecule has 2 aromatic carbocycles. The number of hydrogen-bond donors (Lipinski definition) is 3. The smallest absolute Gasteiger partial charge is 0.250 e. The van der Waals surface area contributed by atoms with Crippen molar-refractivity contribution in [2.45, 2.75) is 65.2 Å². The Balaban J connectivity index is 1.94. The Kier molecular flexibility index (Phi) is 8.41. The molecule has 0 aliphatic heterocycles. The van der Waals surface area contributed by atoms with Gasteiger partial charge in [-0.3, -0.25) is 9.59 Å². The lowest BCUT2D eigenvalue weighted by atomic mass is 9.78. The molecule has 2 aromatic rings. The van der Waals surface area contributed by atoms with Crippen LogP contribution < -0.4 is 11.1 Å². The molecule has 6 heteroatoms. The summed E-state index contributed by atoms with van der Waals surface area (Å²) in [5, 5.41) is 13.6. The number of para-hydroxylation sites is 1. The van der Waals surface area contributed by atoms with Crippen LogP contribution in [-0.4, -0.2) is 28.4 Å². The van der Waals surface area contributed by atoms with Crippen LogP contribution in [0.1, 0.15) is 75.0 Å². The van der Waals surface area contributed by atoms with Crippen molar-refractivity contribution in [3.05, 3.63) is 58.7 Å². The fourth-order valence-corrected chi connectivity index (χ4v) is 4.27. The van der Waals surface area contributed by atoms with Crippen molar-refractivity contribution in [1.29, 1.82) is 0 Å². The van der Waals surface area contributed by atoms with Gasteiger partial charge in [0.1, 0.15) is 5.75 Å². The summed E-state index contributed by atoms with van der Waals surface area (Å²) in [6.45, 7) is 12.7. The predicted molar refractivity (Wildman–Crippen MR) is 135 cm³/mol. The maximum atomic E-state index is 12.3. The summed E-state index contributed by atoms with van der Waals surface area (Å²) in [4.78, 5) is 23.7. The fraction of sp³-hybridized carbons (Fsp3) is 0.462. The minimum absolute atomic E-state index is 0.145. The number of nitrogens with two attached hydrogens (primary N) is 1. The SMILES string of the molecule is CC(C)(C)c1cc(CCCSCC(=O)Nc2ccccc2C(N)=O)cc(C(C)(C)C)c1O. The van der Waals surface area contributed by atoms with E-state index in [1.807, 2.05) is 0 Å². The molecule has 0 heterocycles. The van der Waals surface area contributed by atoms with Crippen LogP contribution >= 0.6 is 11.8 Å². The summed E-state index contributed by atoms with van der Waals surface area (Å²) in [7, 11) is 0. The third-order valence-electron chi connectivity index (χ3n) is 5.24. The Hall–Kier alpha value is -2.47. The molecule has 4 N–H and O–H groups in total. The number of phenolic OH excluding ortho intramolecular Hbond substituents is 1. The highest BCUT2D eigenvalue weighted by Gasteiger charge is 2.26. The van der Waals surface area contributed by atoms with Crippen LogP contribution in [0.4, 0.5) is 5.69 Å². The maximum absolute atomic E-state index is 12.3. The number of primary amides is 1. The number of aryl methyl sites for hydroxylation is 1. The molecule has 32 heavy (non-hydrogen) atoms. The monoisotopic (exact) mass is 456 g/mol. The van der Waals surface area contributed by atoms with Crippen LogP contribution in [0.25, 0.3) is 0 Å². The Morgan fingerprint density at radius 1 is 1.00 bits per heavy atom. The highest BCUT2D eigenvalue weighted by molar-refractivity contribution is 7.99. The van der Waals surface area contributed by atoms with E-state index in [1.54, 1.807) is 36.0 Å². The van der Waals surface area contributed by atoms with Gasteiger partial charge in [-0.05, 0) is 58.2 Å². The normalized spacial score (nSPS) is 11.9. The number of carbonyl (C=O) groups is 2. The van der Waals surface area contributed by atoms with E-state index in [2.05, 4.69) is 59.0 Å². The summed E-state index contributed by atoms with van der Waals surface area (Å²) in [5.41, 5.74) is 8.97. The number of rotatable bonds is 8. The number of hydrogen-bond acceptors (Lipinski definition) is 4. The van der Waals surface area contributed by atoms with Crippen LogP contribution in [0, 0.1) is 0 Å². The van der Waals surface area contributed by atoms with Gasteiger partial charge in [0.05, 0.1) is 17.0 Å². The van der Waals surface area contributed by atoms with Gasteiger partial charge in [-0.2, -0.15) is 11.8 Å². The van der Waals surface area contributed by atoms with Crippen LogP contribution in [0.2, 0.25) is 0 Å². The lowest BCUT2D eigenvalue weighted by Gasteiger charge is -2.28. The standard InChI is InChI=1S/C26H36N2O3S/c1-25(2,3)19-14-17(15-20(23(19)30)26(4,5)6)10-9-13-32-16-22(29)28-21-12-8-7-11-18(21)24(27)31/h7-8,11-12,14-15,30H,9-10,13,16H2,1-6H3,(H2,27,31)(H,28,29). The molecule has 0 aromatic heterocycles. The van der Waals surface area contributed by atoms with Gasteiger partial charge >= 0.3 is 0 Å². The summed E-state index contributed by atoms with van der Waals surface area (Å²) in [6, 6.07) is 11.0. The number of anilines is 1. The molecular weight excluding hydrogens is 420 g/mol. The third-order valence-corrected chi connectivity index (χ3v) is 6.28. The zero-order valence-electron chi connectivity index (χ0n) is 20.0. The summed E-state index contributed by atoms with van der Waals surface area (Å²) in [6.07, 6.45) is 1.80. The van der Waals surface area contributed by atoms with Gasteiger partial charge < -0.3 is 16.2 Å². The van der Waals surface area contributed by atoms with Crippen molar-refractivity contribution < 1.29 is 14.7 Å². The van der Waals surface area contributed by atoms with Gasteiger partial charge in [-0.1, -0.05) is 65.8 Å². The lowest BCUT2D eigenvalue weighted by molar-refractivity contribution is -0.113. The first-order valence-electron chi connectivity index (χ1n) is 10.9. The summed E-state index contributed by atoms with van der Waals surface area (Å²) < 4.78 is 0. The topological polar surface area (TPSA) is 92.4 Å². The second kappa shape index (κ2) is 10.4. The van der Waals surface area contributed by atoms with Crippen LogP contribution in [0.15, 0.2) is 36.4 Å². The van der Waals surface area contributed by atoms with Gasteiger partial charge in [-0.15, -0.1) is 0 Å². The Morgan fingerprint density at radius 3 is 2.09 bits per heavy atom. The van der Waals surface area contributed by atoms with Crippen LogP contribution in [-0.2, 0) is 22.0 Å². The van der Waals surface area contributed by atoms with Crippen molar-refractivity contribution in [3.63, 3.8) is 0 Å². The van der Waals surface area contributed by atoms with E-state index in [-0.39, 0.29) is 16.7 Å². The van der Waals surface area contributed by atoms with Gasteiger partial charge in [0, 0.05) is 0 Å². The zero-order chi connectivity index (χ0) is 24.1. The molecule has 0 radical (unpaired) electrons. The van der Waals surface area contributed by atoms with Gasteiger partial charge in [-0.25, -0.2) is 0 Å². The highest BCUT2D eigenvalue weighted by atomic mass is 32.2. The first-order valence-corrected chi connectivity index (χ1v) is 12.1. The molecule has 2 rings (SSSR count). The van der Waals surface area contributed by atoms with Crippen molar-refractivity contribution >= 4 is 29.3 Å². The van der Waals surface area contributed by atoms with Crippen molar-refractivity contribution in [3.8, 4) is 5.75 Å². The zero-order valence-corrected chi connectivity index (χ0v) is 20.9. The van der Waals surface area contributed by atoms with E-state index >= 15 is 0 Å². The molecule has 5 nitrogen and oxygen atoms in total. The minimum atomic E-state index is -0.563. The second-order valence-electron chi connectivity index (χ2n) is 10.2. The van der Waals surface area contributed by atoms with E-state index in [4.69, 9.17) is 5.73 Å². The fourth-order valence-electron chi connectivity index (χ4n) is 3.52. The van der Waals surface area contributed by atoms with E-state index in [0.717, 1.165) is 29.7 Å². The number of amides is 2. The Labute approximate surface area is 196 Å². The molecule has 2 amide bonds. The lowest BCUT2D eigenvalue weighted by Crippen LogP contribution is -2.19. The maximum Gasteiger partial charge on any atom is 0.250 e. The molecule has 0 spiro atoms. The molecule has 0 saturated carbocycles. The number of thioether (sulfide) groups is 1. The molecule has 174 valence electrons.